The zero-order chi connectivity index (χ0) is 18.6. The first-order valence-corrected chi connectivity index (χ1v) is 7.77. The van der Waals surface area contributed by atoms with Gasteiger partial charge in [-0.2, -0.15) is 15.4 Å². The van der Waals surface area contributed by atoms with Crippen LogP contribution in [0.3, 0.4) is 0 Å². The zero-order valence-electron chi connectivity index (χ0n) is 14.9. The molecule has 0 bridgehead atoms. The van der Waals surface area contributed by atoms with Gasteiger partial charge in [-0.05, 0) is 51.8 Å². The maximum Gasteiger partial charge on any atom is 0.413 e. The van der Waals surface area contributed by atoms with Crippen molar-refractivity contribution in [3.8, 4) is 0 Å². The average molecular weight is 346 g/mol. The number of hydrogen-bond acceptors (Lipinski definition) is 6. The highest BCUT2D eigenvalue weighted by molar-refractivity contribution is 5.91. The van der Waals surface area contributed by atoms with Gasteiger partial charge in [-0.25, -0.2) is 9.78 Å². The summed E-state index contributed by atoms with van der Waals surface area (Å²) in [4.78, 5) is 28.1. The molecule has 0 saturated heterocycles. The van der Waals surface area contributed by atoms with Crippen LogP contribution in [0, 0.1) is 13.8 Å². The van der Waals surface area contributed by atoms with Gasteiger partial charge in [0.25, 0.3) is 5.91 Å². The topological polar surface area (TPSA) is 122 Å². The number of aryl methyl sites for hydroxylation is 2. The van der Waals surface area contributed by atoms with E-state index in [1.54, 1.807) is 26.8 Å². The largest absolute Gasteiger partial charge is 0.444 e. The van der Waals surface area contributed by atoms with Gasteiger partial charge in [0, 0.05) is 12.2 Å². The molecule has 0 aliphatic carbocycles. The molecule has 0 aliphatic rings. The normalized spacial score (nSPS) is 11.1. The van der Waals surface area contributed by atoms with Crippen LogP contribution in [0.25, 0.3) is 0 Å². The van der Waals surface area contributed by atoms with E-state index in [2.05, 4.69) is 31.0 Å². The Labute approximate surface area is 145 Å². The van der Waals surface area contributed by atoms with E-state index in [0.29, 0.717) is 18.1 Å². The lowest BCUT2D eigenvalue weighted by molar-refractivity contribution is 0.0635. The Hall–Kier alpha value is -2.97. The highest BCUT2D eigenvalue weighted by Crippen LogP contribution is 2.17. The van der Waals surface area contributed by atoms with E-state index in [-0.39, 0.29) is 11.6 Å². The minimum Gasteiger partial charge on any atom is -0.444 e. The highest BCUT2D eigenvalue weighted by Gasteiger charge is 2.17. The van der Waals surface area contributed by atoms with Crippen molar-refractivity contribution in [3.63, 3.8) is 0 Å². The fraction of sp³-hybridized carbons (Fsp3) is 0.438. The number of hydrogen-bond donors (Lipinski definition) is 3. The fourth-order valence-corrected chi connectivity index (χ4v) is 2.17. The van der Waals surface area contributed by atoms with Crippen molar-refractivity contribution < 1.29 is 14.3 Å². The molecule has 0 fully saturated rings. The van der Waals surface area contributed by atoms with E-state index in [9.17, 15) is 9.59 Å². The summed E-state index contributed by atoms with van der Waals surface area (Å²) in [5, 5.41) is 15.1. The fourth-order valence-electron chi connectivity index (χ4n) is 2.17. The van der Waals surface area contributed by atoms with Gasteiger partial charge in [0.05, 0.1) is 6.20 Å². The second kappa shape index (κ2) is 7.29. The summed E-state index contributed by atoms with van der Waals surface area (Å²) >= 11 is 0. The molecular weight excluding hydrogens is 324 g/mol. The summed E-state index contributed by atoms with van der Waals surface area (Å²) in [6.07, 6.45) is 0.784. The SMILES string of the molecule is Cc1cc(NC(=O)OC(C)(C)C)nc(C)c1CNC(=O)c1cn[nH]n1. The monoisotopic (exact) mass is 346 g/mol. The quantitative estimate of drug-likeness (QED) is 0.779. The van der Waals surface area contributed by atoms with Crippen molar-refractivity contribution >= 4 is 17.8 Å². The van der Waals surface area contributed by atoms with Crippen molar-refractivity contribution in [1.29, 1.82) is 0 Å². The Morgan fingerprint density at radius 3 is 2.56 bits per heavy atom. The smallest absolute Gasteiger partial charge is 0.413 e. The number of carbonyl (C=O) groups is 2. The third-order valence-electron chi connectivity index (χ3n) is 3.26. The molecule has 2 amide bonds. The molecule has 9 nitrogen and oxygen atoms in total. The standard InChI is InChI=1S/C16H22N6O3/c1-9-6-13(20-15(24)25-16(3,4)5)19-10(2)11(9)7-17-14(23)12-8-18-22-21-12/h6,8H,7H2,1-5H3,(H,17,23)(H,18,21,22)(H,19,20,24). The van der Waals surface area contributed by atoms with Crippen LogP contribution in [0.15, 0.2) is 12.3 Å². The Balaban J connectivity index is 2.04. The lowest BCUT2D eigenvalue weighted by atomic mass is 10.1. The maximum atomic E-state index is 11.9. The first kappa shape index (κ1) is 18.4. The van der Waals surface area contributed by atoms with Gasteiger partial charge in [-0.1, -0.05) is 0 Å². The Morgan fingerprint density at radius 2 is 2.00 bits per heavy atom. The lowest BCUT2D eigenvalue weighted by Crippen LogP contribution is -2.28. The van der Waals surface area contributed by atoms with E-state index in [0.717, 1.165) is 11.1 Å². The van der Waals surface area contributed by atoms with Gasteiger partial charge in [0.2, 0.25) is 0 Å². The Kier molecular flexibility index (Phi) is 5.35. The van der Waals surface area contributed by atoms with Crippen LogP contribution in [-0.4, -0.2) is 38.0 Å². The molecule has 2 aromatic rings. The average Bonchev–Trinajstić information content (AvgIpc) is 2.98. The molecule has 0 radical (unpaired) electrons. The van der Waals surface area contributed by atoms with Crippen molar-refractivity contribution in [3.05, 3.63) is 34.8 Å². The predicted octanol–water partition coefficient (Wildman–Crippen LogP) is 2.09. The van der Waals surface area contributed by atoms with Crippen LogP contribution < -0.4 is 10.6 Å². The molecule has 2 rings (SSSR count). The second-order valence-electron chi connectivity index (χ2n) is 6.55. The van der Waals surface area contributed by atoms with Gasteiger partial charge >= 0.3 is 6.09 Å². The number of pyridine rings is 1. The summed E-state index contributed by atoms with van der Waals surface area (Å²) in [6.45, 7) is 9.35. The molecule has 0 aromatic carbocycles. The zero-order valence-corrected chi connectivity index (χ0v) is 14.9. The van der Waals surface area contributed by atoms with E-state index < -0.39 is 11.7 Å². The van der Waals surface area contributed by atoms with E-state index in [4.69, 9.17) is 4.74 Å². The van der Waals surface area contributed by atoms with Crippen LogP contribution in [0.2, 0.25) is 0 Å². The molecule has 0 saturated carbocycles. The molecule has 0 aliphatic heterocycles. The van der Waals surface area contributed by atoms with Crippen LogP contribution in [-0.2, 0) is 11.3 Å². The number of aromatic nitrogens is 4. The molecule has 0 atom stereocenters. The van der Waals surface area contributed by atoms with Crippen molar-refractivity contribution in [2.45, 2.75) is 46.8 Å². The number of nitrogens with zero attached hydrogens (tertiary/aromatic N) is 3. The van der Waals surface area contributed by atoms with Gasteiger partial charge in [-0.3, -0.25) is 10.1 Å². The molecule has 2 heterocycles. The number of amides is 2. The second-order valence-corrected chi connectivity index (χ2v) is 6.55. The van der Waals surface area contributed by atoms with Crippen molar-refractivity contribution in [1.82, 2.24) is 25.7 Å². The lowest BCUT2D eigenvalue weighted by Gasteiger charge is -2.20. The number of anilines is 1. The predicted molar refractivity (Wildman–Crippen MR) is 91.1 cm³/mol. The first-order chi connectivity index (χ1) is 11.7. The Morgan fingerprint density at radius 1 is 1.28 bits per heavy atom. The number of nitrogens with one attached hydrogen (secondary N) is 3. The highest BCUT2D eigenvalue weighted by atomic mass is 16.6. The Bertz CT molecular complexity index is 742. The molecule has 0 spiro atoms. The van der Waals surface area contributed by atoms with E-state index >= 15 is 0 Å². The van der Waals surface area contributed by atoms with Crippen LogP contribution in [0.5, 0.6) is 0 Å². The van der Waals surface area contributed by atoms with Gasteiger partial charge < -0.3 is 10.1 Å². The number of H-pyrrole nitrogens is 1. The van der Waals surface area contributed by atoms with Crippen molar-refractivity contribution in [2.24, 2.45) is 0 Å². The summed E-state index contributed by atoms with van der Waals surface area (Å²) in [6, 6.07) is 1.73. The van der Waals surface area contributed by atoms with Crippen LogP contribution in [0.4, 0.5) is 10.6 Å². The molecule has 134 valence electrons. The summed E-state index contributed by atoms with van der Waals surface area (Å²) < 4.78 is 5.21. The number of ether oxygens (including phenoxy) is 1. The van der Waals surface area contributed by atoms with E-state index in [1.807, 2.05) is 13.8 Å². The summed E-state index contributed by atoms with van der Waals surface area (Å²) in [5.41, 5.74) is 2.09. The molecular formula is C16H22N6O3. The maximum absolute atomic E-state index is 11.9. The minimum atomic E-state index is -0.584. The third kappa shape index (κ3) is 5.27. The minimum absolute atomic E-state index is 0.214. The van der Waals surface area contributed by atoms with Crippen molar-refractivity contribution in [2.75, 3.05) is 5.32 Å². The summed E-state index contributed by atoms with van der Waals surface area (Å²) in [5.74, 6) is 0.0688. The first-order valence-electron chi connectivity index (χ1n) is 7.77. The van der Waals surface area contributed by atoms with Gasteiger partial charge in [0.1, 0.15) is 11.4 Å². The van der Waals surface area contributed by atoms with E-state index in [1.165, 1.54) is 6.20 Å². The molecule has 9 heteroatoms. The number of aromatic amines is 1. The molecule has 25 heavy (non-hydrogen) atoms. The summed E-state index contributed by atoms with van der Waals surface area (Å²) in [7, 11) is 0. The van der Waals surface area contributed by atoms with Gasteiger partial charge in [-0.15, -0.1) is 0 Å². The molecule has 0 unspecified atom stereocenters. The number of rotatable bonds is 4. The van der Waals surface area contributed by atoms with Gasteiger partial charge in [0.15, 0.2) is 5.69 Å². The molecule has 3 N–H and O–H groups in total. The van der Waals surface area contributed by atoms with Crippen LogP contribution >= 0.6 is 0 Å². The molecule has 2 aromatic heterocycles. The third-order valence-corrected chi connectivity index (χ3v) is 3.26. The number of carbonyl (C=O) groups excluding carboxylic acids is 2. The van der Waals surface area contributed by atoms with Crippen LogP contribution in [0.1, 0.15) is 48.1 Å².